The molecule has 0 aliphatic carbocycles. The zero-order chi connectivity index (χ0) is 15.8. The van der Waals surface area contributed by atoms with Crippen LogP contribution in [0.2, 0.25) is 4.34 Å². The van der Waals surface area contributed by atoms with E-state index >= 15 is 0 Å². The summed E-state index contributed by atoms with van der Waals surface area (Å²) < 4.78 is 6.05. The number of guanidine groups is 1. The van der Waals surface area contributed by atoms with Crippen LogP contribution in [0.4, 0.5) is 0 Å². The van der Waals surface area contributed by atoms with E-state index in [1.807, 2.05) is 24.3 Å². The van der Waals surface area contributed by atoms with Gasteiger partial charge in [-0.1, -0.05) is 23.7 Å². The van der Waals surface area contributed by atoms with Crippen LogP contribution in [0.15, 0.2) is 41.4 Å². The lowest BCUT2D eigenvalue weighted by Crippen LogP contribution is -2.37. The number of benzene rings is 1. The maximum absolute atomic E-state index is 5.92. The van der Waals surface area contributed by atoms with Crippen LogP contribution in [-0.4, -0.2) is 26.7 Å². The summed E-state index contributed by atoms with van der Waals surface area (Å²) in [4.78, 5) is 5.49. The third-order valence-corrected chi connectivity index (χ3v) is 4.40. The van der Waals surface area contributed by atoms with Gasteiger partial charge in [0, 0.05) is 25.0 Å². The Morgan fingerprint density at radius 1 is 1.27 bits per heavy atom. The van der Waals surface area contributed by atoms with Crippen molar-refractivity contribution in [1.82, 2.24) is 10.6 Å². The predicted octanol–water partition coefficient (Wildman–Crippen LogP) is 3.32. The van der Waals surface area contributed by atoms with Crippen LogP contribution in [0.1, 0.15) is 10.4 Å². The van der Waals surface area contributed by atoms with Gasteiger partial charge in [0.2, 0.25) is 0 Å². The summed E-state index contributed by atoms with van der Waals surface area (Å²) in [5.74, 6) is 1.64. The molecule has 0 spiro atoms. The SMILES string of the molecule is CN=C(NCCc1ccc(Cl)s1)NCc1cccc(OC)c1. The van der Waals surface area contributed by atoms with Crippen LogP contribution in [0, 0.1) is 0 Å². The summed E-state index contributed by atoms with van der Waals surface area (Å²) >= 11 is 7.54. The molecule has 0 radical (unpaired) electrons. The largest absolute Gasteiger partial charge is 0.497 e. The number of hydrogen-bond donors (Lipinski definition) is 2. The summed E-state index contributed by atoms with van der Waals surface area (Å²) in [7, 11) is 3.44. The standard InChI is InChI=1S/C16H20ClN3OS/c1-18-16(19-9-8-14-6-7-15(17)22-14)20-11-12-4-3-5-13(10-12)21-2/h3-7,10H,8-9,11H2,1-2H3,(H2,18,19,20). The van der Waals surface area contributed by atoms with Crippen molar-refractivity contribution >= 4 is 28.9 Å². The minimum absolute atomic E-state index is 0.696. The molecule has 6 heteroatoms. The molecule has 118 valence electrons. The Balaban J connectivity index is 1.77. The number of aliphatic imine (C=N–C) groups is 1. The first-order valence-electron chi connectivity index (χ1n) is 7.03. The molecule has 22 heavy (non-hydrogen) atoms. The molecule has 1 aromatic heterocycles. The molecule has 2 aromatic rings. The fraction of sp³-hybridized carbons (Fsp3) is 0.312. The van der Waals surface area contributed by atoms with Gasteiger partial charge < -0.3 is 15.4 Å². The molecule has 0 aliphatic rings. The molecule has 2 rings (SSSR count). The van der Waals surface area contributed by atoms with Gasteiger partial charge in [-0.05, 0) is 36.2 Å². The second-order valence-electron chi connectivity index (χ2n) is 4.66. The van der Waals surface area contributed by atoms with Gasteiger partial charge in [-0.2, -0.15) is 0 Å². The normalized spacial score (nSPS) is 11.3. The lowest BCUT2D eigenvalue weighted by Gasteiger charge is -2.12. The molecule has 2 N–H and O–H groups in total. The molecular formula is C16H20ClN3OS. The molecule has 0 aliphatic heterocycles. The minimum Gasteiger partial charge on any atom is -0.497 e. The first kappa shape index (κ1) is 16.6. The Bertz CT molecular complexity index is 627. The number of hydrogen-bond acceptors (Lipinski definition) is 3. The Kier molecular flexibility index (Phi) is 6.55. The fourth-order valence-corrected chi connectivity index (χ4v) is 3.07. The van der Waals surface area contributed by atoms with Crippen molar-refractivity contribution in [3.8, 4) is 5.75 Å². The van der Waals surface area contributed by atoms with E-state index in [0.29, 0.717) is 6.54 Å². The minimum atomic E-state index is 0.696. The van der Waals surface area contributed by atoms with E-state index in [0.717, 1.165) is 34.6 Å². The van der Waals surface area contributed by atoms with Crippen LogP contribution in [-0.2, 0) is 13.0 Å². The van der Waals surface area contributed by atoms with Gasteiger partial charge in [0.15, 0.2) is 5.96 Å². The maximum Gasteiger partial charge on any atom is 0.191 e. The average molecular weight is 338 g/mol. The van der Waals surface area contributed by atoms with E-state index in [4.69, 9.17) is 16.3 Å². The van der Waals surface area contributed by atoms with Gasteiger partial charge in [-0.3, -0.25) is 4.99 Å². The lowest BCUT2D eigenvalue weighted by molar-refractivity contribution is 0.414. The smallest absolute Gasteiger partial charge is 0.191 e. The maximum atomic E-state index is 5.92. The van der Waals surface area contributed by atoms with E-state index in [9.17, 15) is 0 Å². The van der Waals surface area contributed by atoms with Crippen molar-refractivity contribution < 1.29 is 4.74 Å². The van der Waals surface area contributed by atoms with Crippen LogP contribution in [0.3, 0.4) is 0 Å². The zero-order valence-corrected chi connectivity index (χ0v) is 14.3. The quantitative estimate of drug-likeness (QED) is 0.628. The van der Waals surface area contributed by atoms with Gasteiger partial charge in [0.1, 0.15) is 5.75 Å². The number of thiophene rings is 1. The van der Waals surface area contributed by atoms with Crippen molar-refractivity contribution in [2.24, 2.45) is 4.99 Å². The molecule has 1 heterocycles. The fourth-order valence-electron chi connectivity index (χ4n) is 1.98. The number of rotatable bonds is 6. The summed E-state index contributed by atoms with van der Waals surface area (Å²) in [6, 6.07) is 12.0. The molecule has 0 saturated heterocycles. The molecule has 0 amide bonds. The topological polar surface area (TPSA) is 45.7 Å². The number of methoxy groups -OCH3 is 1. The summed E-state index contributed by atoms with van der Waals surface area (Å²) in [5, 5.41) is 6.59. The van der Waals surface area contributed by atoms with Crippen LogP contribution in [0.25, 0.3) is 0 Å². The molecule has 0 unspecified atom stereocenters. The molecular weight excluding hydrogens is 318 g/mol. The number of nitrogens with zero attached hydrogens (tertiary/aromatic N) is 1. The number of halogens is 1. The second-order valence-corrected chi connectivity index (χ2v) is 6.46. The van der Waals surface area contributed by atoms with Crippen LogP contribution >= 0.6 is 22.9 Å². The summed E-state index contributed by atoms with van der Waals surface area (Å²) in [6.07, 6.45) is 0.928. The predicted molar refractivity (Wildman–Crippen MR) is 94.2 cm³/mol. The highest BCUT2D eigenvalue weighted by atomic mass is 35.5. The van der Waals surface area contributed by atoms with E-state index in [2.05, 4.69) is 27.8 Å². The first-order chi connectivity index (χ1) is 10.7. The lowest BCUT2D eigenvalue weighted by atomic mass is 10.2. The average Bonchev–Trinajstić information content (AvgIpc) is 2.96. The van der Waals surface area contributed by atoms with Gasteiger partial charge in [-0.15, -0.1) is 11.3 Å². The highest BCUT2D eigenvalue weighted by molar-refractivity contribution is 7.16. The Morgan fingerprint density at radius 3 is 2.82 bits per heavy atom. The second kappa shape index (κ2) is 8.66. The van der Waals surface area contributed by atoms with Gasteiger partial charge >= 0.3 is 0 Å². The van der Waals surface area contributed by atoms with Gasteiger partial charge in [0.05, 0.1) is 11.4 Å². The highest BCUT2D eigenvalue weighted by Crippen LogP contribution is 2.21. The van der Waals surface area contributed by atoms with Crippen molar-refractivity contribution in [2.75, 3.05) is 20.7 Å². The summed E-state index contributed by atoms with van der Waals surface area (Å²) in [6.45, 7) is 1.51. The first-order valence-corrected chi connectivity index (χ1v) is 8.22. The molecule has 1 aromatic carbocycles. The van der Waals surface area contributed by atoms with E-state index < -0.39 is 0 Å². The number of nitrogens with one attached hydrogen (secondary N) is 2. The zero-order valence-electron chi connectivity index (χ0n) is 12.7. The van der Waals surface area contributed by atoms with Crippen molar-refractivity contribution in [2.45, 2.75) is 13.0 Å². The third-order valence-electron chi connectivity index (χ3n) is 3.11. The summed E-state index contributed by atoms with van der Waals surface area (Å²) in [5.41, 5.74) is 1.15. The number of ether oxygens (including phenoxy) is 1. The molecule has 0 saturated carbocycles. The van der Waals surface area contributed by atoms with E-state index in [1.54, 1.807) is 25.5 Å². The van der Waals surface area contributed by atoms with E-state index in [1.165, 1.54) is 4.88 Å². The van der Waals surface area contributed by atoms with Gasteiger partial charge in [-0.25, -0.2) is 0 Å². The Labute approximate surface area is 140 Å². The molecule has 0 atom stereocenters. The Morgan fingerprint density at radius 2 is 2.14 bits per heavy atom. The molecule has 0 fully saturated rings. The van der Waals surface area contributed by atoms with Crippen molar-refractivity contribution in [1.29, 1.82) is 0 Å². The van der Waals surface area contributed by atoms with Gasteiger partial charge in [0.25, 0.3) is 0 Å². The van der Waals surface area contributed by atoms with Crippen LogP contribution in [0.5, 0.6) is 5.75 Å². The monoisotopic (exact) mass is 337 g/mol. The van der Waals surface area contributed by atoms with Crippen molar-refractivity contribution in [3.05, 3.63) is 51.2 Å². The highest BCUT2D eigenvalue weighted by Gasteiger charge is 2.01. The van der Waals surface area contributed by atoms with E-state index in [-0.39, 0.29) is 0 Å². The molecule has 4 nitrogen and oxygen atoms in total. The third kappa shape index (κ3) is 5.24. The van der Waals surface area contributed by atoms with Crippen LogP contribution < -0.4 is 15.4 Å². The van der Waals surface area contributed by atoms with Crippen molar-refractivity contribution in [3.63, 3.8) is 0 Å². The molecule has 0 bridgehead atoms. The Hall–Kier alpha value is -1.72.